The molecule has 2 aliphatic heterocycles. The number of amidine groups is 1. The van der Waals surface area contributed by atoms with Gasteiger partial charge in [-0.05, 0) is 49.6 Å². The van der Waals surface area contributed by atoms with Crippen molar-refractivity contribution in [2.45, 2.75) is 38.6 Å². The lowest BCUT2D eigenvalue weighted by molar-refractivity contribution is 0.601. The maximum atomic E-state index is 12.2. The summed E-state index contributed by atoms with van der Waals surface area (Å²) in [5, 5.41) is 0.935. The number of hydrogen-bond acceptors (Lipinski definition) is 5. The number of benzene rings is 2. The molecule has 0 aromatic heterocycles. The third-order valence-corrected chi connectivity index (χ3v) is 8.06. The Bertz CT molecular complexity index is 1010. The highest BCUT2D eigenvalue weighted by Crippen LogP contribution is 2.36. The molecular formula is C21H24N2O2S2. The van der Waals surface area contributed by atoms with E-state index in [9.17, 15) is 8.42 Å². The fourth-order valence-corrected chi connectivity index (χ4v) is 6.67. The largest absolute Gasteiger partial charge is 0.315 e. The lowest BCUT2D eigenvalue weighted by Gasteiger charge is -2.27. The highest BCUT2D eigenvalue weighted by molar-refractivity contribution is 8.13. The van der Waals surface area contributed by atoms with Gasteiger partial charge in [0.1, 0.15) is 0 Å². The number of aryl methyl sites for hydroxylation is 3. The van der Waals surface area contributed by atoms with Crippen LogP contribution >= 0.6 is 11.8 Å². The SMILES string of the molecule is Cc1cccc(CSC2=N[C@H]3CS(=O)(=O)C[C@@H]3N2c2ccc(C)c(C)c2)c1. The van der Waals surface area contributed by atoms with Crippen molar-refractivity contribution >= 4 is 32.5 Å². The van der Waals surface area contributed by atoms with Gasteiger partial charge in [0.15, 0.2) is 15.0 Å². The zero-order valence-corrected chi connectivity index (χ0v) is 17.5. The van der Waals surface area contributed by atoms with Crippen molar-refractivity contribution in [1.82, 2.24) is 0 Å². The van der Waals surface area contributed by atoms with Crippen LogP contribution in [0.15, 0.2) is 47.5 Å². The van der Waals surface area contributed by atoms with Crippen LogP contribution < -0.4 is 4.90 Å². The van der Waals surface area contributed by atoms with Crippen molar-refractivity contribution in [2.24, 2.45) is 4.99 Å². The fourth-order valence-electron chi connectivity index (χ4n) is 3.76. The summed E-state index contributed by atoms with van der Waals surface area (Å²) in [6, 6.07) is 14.6. The third-order valence-electron chi connectivity index (χ3n) is 5.33. The highest BCUT2D eigenvalue weighted by atomic mass is 32.2. The summed E-state index contributed by atoms with van der Waals surface area (Å²) in [6.07, 6.45) is 0. The number of nitrogens with zero attached hydrogens (tertiary/aromatic N) is 2. The first-order valence-corrected chi connectivity index (χ1v) is 12.0. The van der Waals surface area contributed by atoms with Crippen LogP contribution in [0, 0.1) is 20.8 Å². The van der Waals surface area contributed by atoms with Gasteiger partial charge in [-0.3, -0.25) is 4.99 Å². The number of aliphatic imine (C=N–C) groups is 1. The molecule has 2 aliphatic rings. The van der Waals surface area contributed by atoms with Crippen LogP contribution in [0.4, 0.5) is 5.69 Å². The molecule has 2 heterocycles. The number of hydrogen-bond donors (Lipinski definition) is 0. The molecule has 6 heteroatoms. The van der Waals surface area contributed by atoms with Gasteiger partial charge in [-0.1, -0.05) is 47.7 Å². The van der Waals surface area contributed by atoms with Crippen LogP contribution in [0.25, 0.3) is 0 Å². The molecule has 2 aromatic rings. The first-order chi connectivity index (χ1) is 12.8. The van der Waals surface area contributed by atoms with E-state index in [2.05, 4.69) is 68.1 Å². The number of rotatable bonds is 3. The maximum Gasteiger partial charge on any atom is 0.164 e. The molecule has 0 N–H and O–H groups in total. The fraction of sp³-hybridized carbons (Fsp3) is 0.381. The monoisotopic (exact) mass is 400 g/mol. The van der Waals surface area contributed by atoms with Gasteiger partial charge in [0, 0.05) is 11.4 Å². The Morgan fingerprint density at radius 3 is 2.63 bits per heavy atom. The summed E-state index contributed by atoms with van der Waals surface area (Å²) >= 11 is 1.70. The Morgan fingerprint density at radius 1 is 1.07 bits per heavy atom. The number of sulfone groups is 1. The van der Waals surface area contributed by atoms with E-state index in [1.807, 2.05) is 0 Å². The zero-order valence-electron chi connectivity index (χ0n) is 15.8. The van der Waals surface area contributed by atoms with Gasteiger partial charge in [-0.2, -0.15) is 0 Å². The molecule has 1 saturated heterocycles. The maximum absolute atomic E-state index is 12.2. The van der Waals surface area contributed by atoms with Crippen molar-refractivity contribution in [1.29, 1.82) is 0 Å². The standard InChI is InChI=1S/C21H24N2O2S2/c1-14-5-4-6-17(9-14)11-26-21-22-19-12-27(24,25)13-20(19)23(21)18-8-7-15(2)16(3)10-18/h4-10,19-20H,11-13H2,1-3H3/t19-,20-/m0/s1. The van der Waals surface area contributed by atoms with Gasteiger partial charge >= 0.3 is 0 Å². The van der Waals surface area contributed by atoms with Crippen molar-refractivity contribution in [3.8, 4) is 0 Å². The number of anilines is 1. The Morgan fingerprint density at radius 2 is 1.89 bits per heavy atom. The van der Waals surface area contributed by atoms with E-state index in [1.54, 1.807) is 11.8 Å². The molecule has 0 spiro atoms. The van der Waals surface area contributed by atoms with E-state index in [0.29, 0.717) is 0 Å². The van der Waals surface area contributed by atoms with Gasteiger partial charge in [0.05, 0.1) is 23.6 Å². The summed E-state index contributed by atoms with van der Waals surface area (Å²) in [5.74, 6) is 1.17. The molecule has 1 fully saturated rings. The second-order valence-electron chi connectivity index (χ2n) is 7.54. The Labute approximate surface area is 165 Å². The van der Waals surface area contributed by atoms with Gasteiger partial charge in [0.2, 0.25) is 0 Å². The zero-order chi connectivity index (χ0) is 19.2. The summed E-state index contributed by atoms with van der Waals surface area (Å²) < 4.78 is 24.3. The minimum absolute atomic E-state index is 0.0860. The summed E-state index contributed by atoms with van der Waals surface area (Å²) in [5.41, 5.74) is 5.99. The van der Waals surface area contributed by atoms with Crippen molar-refractivity contribution < 1.29 is 8.42 Å². The van der Waals surface area contributed by atoms with E-state index in [0.717, 1.165) is 16.6 Å². The molecular weight excluding hydrogens is 376 g/mol. The number of thioether (sulfide) groups is 1. The molecule has 27 heavy (non-hydrogen) atoms. The Kier molecular flexibility index (Phi) is 4.80. The van der Waals surface area contributed by atoms with E-state index < -0.39 is 9.84 Å². The van der Waals surface area contributed by atoms with Crippen LogP contribution in [0.2, 0.25) is 0 Å². The van der Waals surface area contributed by atoms with E-state index >= 15 is 0 Å². The molecule has 2 atom stereocenters. The molecule has 0 aliphatic carbocycles. The van der Waals surface area contributed by atoms with Crippen molar-refractivity contribution in [3.63, 3.8) is 0 Å². The summed E-state index contributed by atoms with van der Waals surface area (Å²) in [4.78, 5) is 6.97. The topological polar surface area (TPSA) is 49.7 Å². The minimum Gasteiger partial charge on any atom is -0.315 e. The van der Waals surface area contributed by atoms with Crippen LogP contribution in [0.1, 0.15) is 22.3 Å². The van der Waals surface area contributed by atoms with Gasteiger partial charge < -0.3 is 4.90 Å². The van der Waals surface area contributed by atoms with Gasteiger partial charge in [-0.25, -0.2) is 8.42 Å². The number of fused-ring (bicyclic) bond motifs is 1. The first kappa shape index (κ1) is 18.6. The molecule has 2 aromatic carbocycles. The molecule has 0 unspecified atom stereocenters. The average Bonchev–Trinajstić information content (AvgIpc) is 3.07. The second kappa shape index (κ2) is 6.99. The Balaban J connectivity index is 1.64. The molecule has 142 valence electrons. The van der Waals surface area contributed by atoms with Crippen molar-refractivity contribution in [3.05, 3.63) is 64.7 Å². The lowest BCUT2D eigenvalue weighted by atomic mass is 10.1. The van der Waals surface area contributed by atoms with Gasteiger partial charge in [-0.15, -0.1) is 0 Å². The van der Waals surface area contributed by atoms with E-state index in [4.69, 9.17) is 4.99 Å². The quantitative estimate of drug-likeness (QED) is 0.784. The molecule has 0 bridgehead atoms. The predicted molar refractivity (Wildman–Crippen MR) is 115 cm³/mol. The van der Waals surface area contributed by atoms with E-state index in [-0.39, 0.29) is 23.6 Å². The minimum atomic E-state index is -3.02. The molecule has 4 rings (SSSR count). The van der Waals surface area contributed by atoms with Crippen LogP contribution in [-0.4, -0.2) is 37.2 Å². The van der Waals surface area contributed by atoms with Crippen LogP contribution in [0.3, 0.4) is 0 Å². The molecule has 0 amide bonds. The third kappa shape index (κ3) is 3.78. The van der Waals surface area contributed by atoms with Crippen molar-refractivity contribution in [2.75, 3.05) is 16.4 Å². The molecule has 0 saturated carbocycles. The first-order valence-electron chi connectivity index (χ1n) is 9.15. The smallest absolute Gasteiger partial charge is 0.164 e. The van der Waals surface area contributed by atoms with E-state index in [1.165, 1.54) is 22.3 Å². The average molecular weight is 401 g/mol. The lowest BCUT2D eigenvalue weighted by Crippen LogP contribution is -2.39. The second-order valence-corrected chi connectivity index (χ2v) is 10.6. The summed E-state index contributed by atoms with van der Waals surface area (Å²) in [6.45, 7) is 6.28. The van der Waals surface area contributed by atoms with Crippen LogP contribution in [0.5, 0.6) is 0 Å². The highest BCUT2D eigenvalue weighted by Gasteiger charge is 2.47. The summed E-state index contributed by atoms with van der Waals surface area (Å²) in [7, 11) is -3.02. The van der Waals surface area contributed by atoms with Crippen LogP contribution in [-0.2, 0) is 15.6 Å². The predicted octanol–water partition coefficient (Wildman–Crippen LogP) is 3.89. The molecule has 4 nitrogen and oxygen atoms in total. The normalized spacial score (nSPS) is 23.4. The molecule has 0 radical (unpaired) electrons. The van der Waals surface area contributed by atoms with Gasteiger partial charge in [0.25, 0.3) is 0 Å². The Hall–Kier alpha value is -1.79.